The van der Waals surface area contributed by atoms with E-state index in [0.29, 0.717) is 24.4 Å². The minimum atomic E-state index is -0.764. The van der Waals surface area contributed by atoms with Gasteiger partial charge in [-0.25, -0.2) is 0 Å². The standard InChI is InChI=1S/C17H32N2O2/c1-12(2)18-17(16(20)21,14-9-10-14)11-19(4)15-8-6-5-7-13(15)3/h12-15,18H,5-11H2,1-4H3,(H,20,21). The number of hydrogen-bond acceptors (Lipinski definition) is 3. The normalized spacial score (nSPS) is 29.6. The molecule has 0 spiro atoms. The van der Waals surface area contributed by atoms with Gasteiger partial charge in [-0.3, -0.25) is 10.1 Å². The van der Waals surface area contributed by atoms with Crippen molar-refractivity contribution in [2.45, 2.75) is 76.9 Å². The Labute approximate surface area is 129 Å². The molecule has 0 aliphatic heterocycles. The van der Waals surface area contributed by atoms with E-state index in [-0.39, 0.29) is 6.04 Å². The van der Waals surface area contributed by atoms with Crippen LogP contribution in [0.4, 0.5) is 0 Å². The summed E-state index contributed by atoms with van der Waals surface area (Å²) in [7, 11) is 2.12. The lowest BCUT2D eigenvalue weighted by molar-refractivity contribution is -0.147. The molecule has 0 saturated heterocycles. The van der Waals surface area contributed by atoms with Crippen molar-refractivity contribution in [2.24, 2.45) is 11.8 Å². The smallest absolute Gasteiger partial charge is 0.325 e. The van der Waals surface area contributed by atoms with Crippen LogP contribution in [0.25, 0.3) is 0 Å². The van der Waals surface area contributed by atoms with Gasteiger partial charge in [0, 0.05) is 18.6 Å². The Bertz CT molecular complexity index is 368. The number of rotatable bonds is 7. The summed E-state index contributed by atoms with van der Waals surface area (Å²) in [5.41, 5.74) is -0.764. The lowest BCUT2D eigenvalue weighted by Gasteiger charge is -2.42. The zero-order chi connectivity index (χ0) is 15.6. The van der Waals surface area contributed by atoms with Crippen LogP contribution in [0.2, 0.25) is 0 Å². The summed E-state index contributed by atoms with van der Waals surface area (Å²) in [6.45, 7) is 7.03. The number of nitrogens with one attached hydrogen (secondary N) is 1. The van der Waals surface area contributed by atoms with Crippen molar-refractivity contribution in [3.8, 4) is 0 Å². The maximum absolute atomic E-state index is 12.0. The minimum Gasteiger partial charge on any atom is -0.480 e. The molecule has 0 aromatic heterocycles. The number of likely N-dealkylation sites (N-methyl/N-ethyl adjacent to an activating group) is 1. The Hall–Kier alpha value is -0.610. The Morgan fingerprint density at radius 2 is 1.90 bits per heavy atom. The first-order valence-electron chi connectivity index (χ1n) is 8.58. The van der Waals surface area contributed by atoms with Crippen LogP contribution in [0.15, 0.2) is 0 Å². The van der Waals surface area contributed by atoms with E-state index in [1.165, 1.54) is 25.7 Å². The Morgan fingerprint density at radius 1 is 1.29 bits per heavy atom. The molecule has 4 heteroatoms. The first kappa shape index (κ1) is 16.8. The first-order valence-corrected chi connectivity index (χ1v) is 8.58. The number of aliphatic carboxylic acids is 1. The lowest BCUT2D eigenvalue weighted by Crippen LogP contribution is -2.63. The summed E-state index contributed by atoms with van der Waals surface area (Å²) < 4.78 is 0. The Balaban J connectivity index is 2.11. The van der Waals surface area contributed by atoms with Crippen molar-refractivity contribution in [2.75, 3.05) is 13.6 Å². The van der Waals surface area contributed by atoms with Crippen LogP contribution >= 0.6 is 0 Å². The highest BCUT2D eigenvalue weighted by Gasteiger charge is 2.52. The molecule has 0 aromatic carbocycles. The average molecular weight is 296 g/mol. The second kappa shape index (κ2) is 6.66. The molecule has 0 heterocycles. The van der Waals surface area contributed by atoms with Crippen LogP contribution in [0.3, 0.4) is 0 Å². The number of carbonyl (C=O) groups is 1. The van der Waals surface area contributed by atoms with Crippen LogP contribution in [-0.2, 0) is 4.79 Å². The maximum Gasteiger partial charge on any atom is 0.325 e. The summed E-state index contributed by atoms with van der Waals surface area (Å²) in [6.07, 6.45) is 7.17. The molecule has 3 atom stereocenters. The van der Waals surface area contributed by atoms with Gasteiger partial charge in [0.15, 0.2) is 0 Å². The lowest BCUT2D eigenvalue weighted by atomic mass is 9.83. The van der Waals surface area contributed by atoms with E-state index in [1.807, 2.05) is 13.8 Å². The van der Waals surface area contributed by atoms with E-state index in [2.05, 4.69) is 24.2 Å². The van der Waals surface area contributed by atoms with Gasteiger partial charge in [-0.05, 0) is 58.4 Å². The molecular formula is C17H32N2O2. The fourth-order valence-corrected chi connectivity index (χ4v) is 4.15. The van der Waals surface area contributed by atoms with E-state index in [9.17, 15) is 9.90 Å². The average Bonchev–Trinajstić information content (AvgIpc) is 3.21. The summed E-state index contributed by atoms with van der Waals surface area (Å²) in [4.78, 5) is 14.4. The molecule has 2 N–H and O–H groups in total. The van der Waals surface area contributed by atoms with E-state index in [0.717, 1.165) is 12.8 Å². The maximum atomic E-state index is 12.0. The van der Waals surface area contributed by atoms with Gasteiger partial charge in [0.05, 0.1) is 0 Å². The SMILES string of the molecule is CC(C)NC(CN(C)C1CCCCC1C)(C(=O)O)C1CC1. The molecule has 2 fully saturated rings. The van der Waals surface area contributed by atoms with Gasteiger partial charge in [-0.1, -0.05) is 19.8 Å². The Morgan fingerprint density at radius 3 is 2.38 bits per heavy atom. The third-order valence-corrected chi connectivity index (χ3v) is 5.33. The largest absolute Gasteiger partial charge is 0.480 e. The summed E-state index contributed by atoms with van der Waals surface area (Å²) in [5.74, 6) is 0.293. The molecule has 0 radical (unpaired) electrons. The predicted molar refractivity (Wildman–Crippen MR) is 85.4 cm³/mol. The van der Waals surface area contributed by atoms with E-state index in [4.69, 9.17) is 0 Å². The van der Waals surface area contributed by atoms with Crippen molar-refractivity contribution >= 4 is 5.97 Å². The fourth-order valence-electron chi connectivity index (χ4n) is 4.15. The van der Waals surface area contributed by atoms with Crippen molar-refractivity contribution in [3.63, 3.8) is 0 Å². The van der Waals surface area contributed by atoms with Crippen molar-refractivity contribution in [1.82, 2.24) is 10.2 Å². The molecule has 2 aliphatic rings. The topological polar surface area (TPSA) is 52.6 Å². The molecular weight excluding hydrogens is 264 g/mol. The van der Waals surface area contributed by atoms with Gasteiger partial charge in [0.25, 0.3) is 0 Å². The molecule has 122 valence electrons. The van der Waals surface area contributed by atoms with Crippen LogP contribution in [0, 0.1) is 11.8 Å². The molecule has 0 bridgehead atoms. The molecule has 2 rings (SSSR count). The van der Waals surface area contributed by atoms with E-state index in [1.54, 1.807) is 0 Å². The van der Waals surface area contributed by atoms with Crippen LogP contribution in [0.5, 0.6) is 0 Å². The monoisotopic (exact) mass is 296 g/mol. The van der Waals surface area contributed by atoms with Gasteiger partial charge in [-0.2, -0.15) is 0 Å². The fraction of sp³-hybridized carbons (Fsp3) is 0.941. The highest BCUT2D eigenvalue weighted by Crippen LogP contribution is 2.41. The van der Waals surface area contributed by atoms with Gasteiger partial charge in [0.2, 0.25) is 0 Å². The van der Waals surface area contributed by atoms with Crippen LogP contribution in [-0.4, -0.2) is 47.2 Å². The predicted octanol–water partition coefficient (Wildman–Crippen LogP) is 2.73. The van der Waals surface area contributed by atoms with E-state index >= 15 is 0 Å². The number of carboxylic acid groups (broad SMARTS) is 1. The molecule has 3 unspecified atom stereocenters. The van der Waals surface area contributed by atoms with Gasteiger partial charge >= 0.3 is 5.97 Å². The molecule has 4 nitrogen and oxygen atoms in total. The molecule has 0 amide bonds. The Kier molecular flexibility index (Phi) is 5.31. The van der Waals surface area contributed by atoms with Gasteiger partial charge in [0.1, 0.15) is 5.54 Å². The number of carboxylic acids is 1. The second-order valence-corrected chi connectivity index (χ2v) is 7.59. The highest BCUT2D eigenvalue weighted by atomic mass is 16.4. The van der Waals surface area contributed by atoms with Crippen LogP contribution in [0.1, 0.15) is 59.3 Å². The summed E-state index contributed by atoms with van der Waals surface area (Å²) in [6, 6.07) is 0.726. The van der Waals surface area contributed by atoms with Crippen molar-refractivity contribution < 1.29 is 9.90 Å². The molecule has 0 aromatic rings. The van der Waals surface area contributed by atoms with Crippen LogP contribution < -0.4 is 5.32 Å². The quantitative estimate of drug-likeness (QED) is 0.758. The highest BCUT2D eigenvalue weighted by molar-refractivity contribution is 5.80. The second-order valence-electron chi connectivity index (χ2n) is 7.59. The van der Waals surface area contributed by atoms with Gasteiger partial charge < -0.3 is 10.0 Å². The summed E-state index contributed by atoms with van der Waals surface area (Å²) in [5, 5.41) is 13.3. The summed E-state index contributed by atoms with van der Waals surface area (Å²) >= 11 is 0. The van der Waals surface area contributed by atoms with E-state index < -0.39 is 11.5 Å². The van der Waals surface area contributed by atoms with Gasteiger partial charge in [-0.15, -0.1) is 0 Å². The zero-order valence-corrected chi connectivity index (χ0v) is 14.1. The third kappa shape index (κ3) is 3.78. The molecule has 21 heavy (non-hydrogen) atoms. The first-order chi connectivity index (χ1) is 9.86. The zero-order valence-electron chi connectivity index (χ0n) is 14.1. The number of nitrogens with zero attached hydrogens (tertiary/aromatic N) is 1. The number of hydrogen-bond donors (Lipinski definition) is 2. The molecule has 2 aliphatic carbocycles. The molecule has 2 saturated carbocycles. The third-order valence-electron chi connectivity index (χ3n) is 5.33. The van der Waals surface area contributed by atoms with Crippen molar-refractivity contribution in [1.29, 1.82) is 0 Å². The van der Waals surface area contributed by atoms with Crippen molar-refractivity contribution in [3.05, 3.63) is 0 Å². The minimum absolute atomic E-state index is 0.193.